The summed E-state index contributed by atoms with van der Waals surface area (Å²) in [6, 6.07) is 2.36. The summed E-state index contributed by atoms with van der Waals surface area (Å²) in [5.41, 5.74) is 0. The van der Waals surface area contributed by atoms with Crippen LogP contribution in [0, 0.1) is 0 Å². The molecule has 1 N–H and O–H groups in total. The average molecular weight is 305 g/mol. The molecule has 1 aromatic heterocycles. The van der Waals surface area contributed by atoms with Gasteiger partial charge in [-0.25, -0.2) is 9.97 Å². The highest BCUT2D eigenvalue weighted by Crippen LogP contribution is 2.16. The smallest absolute Gasteiger partial charge is 0.248 e. The second kappa shape index (κ2) is 7.02. The van der Waals surface area contributed by atoms with Crippen LogP contribution in [0.4, 0.5) is 5.82 Å². The highest BCUT2D eigenvalue weighted by Gasteiger charge is 2.27. The van der Waals surface area contributed by atoms with Crippen molar-refractivity contribution in [2.75, 3.05) is 45.2 Å². The predicted molar refractivity (Wildman–Crippen MR) is 82.5 cm³/mol. The zero-order chi connectivity index (χ0) is 15.4. The number of aromatic nitrogens is 2. The highest BCUT2D eigenvalue weighted by atomic mass is 16.5. The Kier molecular flexibility index (Phi) is 4.84. The van der Waals surface area contributed by atoms with E-state index in [9.17, 15) is 4.79 Å². The summed E-state index contributed by atoms with van der Waals surface area (Å²) in [6.45, 7) is 3.89. The molecule has 0 bridgehead atoms. The third-order valence-corrected chi connectivity index (χ3v) is 4.33. The predicted octanol–water partition coefficient (Wildman–Crippen LogP) is 0.210. The van der Waals surface area contributed by atoms with Crippen LogP contribution in [0.1, 0.15) is 12.8 Å². The fourth-order valence-electron chi connectivity index (χ4n) is 3.00. The SMILES string of the molecule is CN1CC(CN2CCC(Nc3ccncn3)CC2)OCC1=O. The Bertz CT molecular complexity index is 490. The van der Waals surface area contributed by atoms with Gasteiger partial charge in [0.15, 0.2) is 0 Å². The third-order valence-electron chi connectivity index (χ3n) is 4.33. The van der Waals surface area contributed by atoms with Gasteiger partial charge in [0, 0.05) is 45.5 Å². The van der Waals surface area contributed by atoms with E-state index in [0.717, 1.165) is 38.3 Å². The minimum absolute atomic E-state index is 0.0732. The van der Waals surface area contributed by atoms with Crippen LogP contribution in [0.15, 0.2) is 18.6 Å². The van der Waals surface area contributed by atoms with Crippen molar-refractivity contribution in [3.8, 4) is 0 Å². The van der Waals surface area contributed by atoms with Crippen molar-refractivity contribution in [2.24, 2.45) is 0 Å². The summed E-state index contributed by atoms with van der Waals surface area (Å²) in [7, 11) is 1.84. The Morgan fingerprint density at radius 3 is 2.91 bits per heavy atom. The third kappa shape index (κ3) is 3.92. The van der Waals surface area contributed by atoms with Gasteiger partial charge < -0.3 is 19.9 Å². The first-order valence-corrected chi connectivity index (χ1v) is 7.81. The maximum atomic E-state index is 11.4. The van der Waals surface area contributed by atoms with Gasteiger partial charge in [0.1, 0.15) is 18.8 Å². The van der Waals surface area contributed by atoms with Crippen molar-refractivity contribution in [1.29, 1.82) is 0 Å². The number of hydrogen-bond acceptors (Lipinski definition) is 6. The van der Waals surface area contributed by atoms with E-state index in [1.165, 1.54) is 0 Å². The molecule has 2 aliphatic rings. The number of rotatable bonds is 4. The lowest BCUT2D eigenvalue weighted by atomic mass is 10.0. The fourth-order valence-corrected chi connectivity index (χ4v) is 3.00. The second-order valence-electron chi connectivity index (χ2n) is 6.02. The molecule has 0 aliphatic carbocycles. The van der Waals surface area contributed by atoms with E-state index in [4.69, 9.17) is 4.74 Å². The van der Waals surface area contributed by atoms with Crippen LogP contribution in [-0.4, -0.2) is 77.7 Å². The summed E-state index contributed by atoms with van der Waals surface area (Å²) in [6.07, 6.45) is 5.63. The molecule has 1 amide bonds. The molecular formula is C15H23N5O2. The van der Waals surface area contributed by atoms with Gasteiger partial charge in [-0.05, 0) is 18.9 Å². The molecule has 7 nitrogen and oxygen atoms in total. The maximum absolute atomic E-state index is 11.4. The van der Waals surface area contributed by atoms with Crippen LogP contribution >= 0.6 is 0 Å². The second-order valence-corrected chi connectivity index (χ2v) is 6.02. The lowest BCUT2D eigenvalue weighted by Crippen LogP contribution is -2.50. The molecule has 2 saturated heterocycles. The summed E-state index contributed by atoms with van der Waals surface area (Å²) in [4.78, 5) is 23.7. The number of likely N-dealkylation sites (N-methyl/N-ethyl adjacent to an activating group) is 1. The maximum Gasteiger partial charge on any atom is 0.248 e. The Balaban J connectivity index is 1.41. The fraction of sp³-hybridized carbons (Fsp3) is 0.667. The first kappa shape index (κ1) is 15.2. The van der Waals surface area contributed by atoms with Gasteiger partial charge in [0.05, 0.1) is 6.10 Å². The Morgan fingerprint density at radius 2 is 2.23 bits per heavy atom. The van der Waals surface area contributed by atoms with Crippen molar-refractivity contribution in [3.63, 3.8) is 0 Å². The van der Waals surface area contributed by atoms with Crippen molar-refractivity contribution < 1.29 is 9.53 Å². The van der Waals surface area contributed by atoms with Crippen LogP contribution in [0.3, 0.4) is 0 Å². The molecule has 2 fully saturated rings. The van der Waals surface area contributed by atoms with Crippen LogP contribution in [0.2, 0.25) is 0 Å². The molecule has 22 heavy (non-hydrogen) atoms. The lowest BCUT2D eigenvalue weighted by Gasteiger charge is -2.37. The number of nitrogens with one attached hydrogen (secondary N) is 1. The zero-order valence-corrected chi connectivity index (χ0v) is 12.9. The first-order chi connectivity index (χ1) is 10.7. The van der Waals surface area contributed by atoms with E-state index in [0.29, 0.717) is 12.6 Å². The molecule has 0 radical (unpaired) electrons. The quantitative estimate of drug-likeness (QED) is 0.857. The molecule has 2 aliphatic heterocycles. The number of morpholine rings is 1. The number of nitrogens with zero attached hydrogens (tertiary/aromatic N) is 4. The number of likely N-dealkylation sites (tertiary alicyclic amines) is 1. The molecule has 1 atom stereocenters. The van der Waals surface area contributed by atoms with Crippen LogP contribution in [0.25, 0.3) is 0 Å². The summed E-state index contributed by atoms with van der Waals surface area (Å²) in [5.74, 6) is 0.966. The van der Waals surface area contributed by atoms with Gasteiger partial charge in [-0.1, -0.05) is 0 Å². The summed E-state index contributed by atoms with van der Waals surface area (Å²) < 4.78 is 5.62. The van der Waals surface area contributed by atoms with E-state index >= 15 is 0 Å². The minimum Gasteiger partial charge on any atom is -0.367 e. The van der Waals surface area contributed by atoms with Crippen molar-refractivity contribution in [1.82, 2.24) is 19.8 Å². The van der Waals surface area contributed by atoms with Gasteiger partial charge in [0.2, 0.25) is 5.91 Å². The number of anilines is 1. The van der Waals surface area contributed by atoms with Crippen molar-refractivity contribution >= 4 is 11.7 Å². The number of ether oxygens (including phenoxy) is 1. The normalized spacial score (nSPS) is 24.5. The number of carbonyl (C=O) groups excluding carboxylic acids is 1. The number of piperidine rings is 1. The van der Waals surface area contributed by atoms with Crippen molar-refractivity contribution in [2.45, 2.75) is 25.0 Å². The molecule has 7 heteroatoms. The largest absolute Gasteiger partial charge is 0.367 e. The topological polar surface area (TPSA) is 70.6 Å². The monoisotopic (exact) mass is 305 g/mol. The number of amides is 1. The van der Waals surface area contributed by atoms with Gasteiger partial charge in [0.25, 0.3) is 0 Å². The first-order valence-electron chi connectivity index (χ1n) is 7.81. The van der Waals surface area contributed by atoms with E-state index < -0.39 is 0 Å². The van der Waals surface area contributed by atoms with Crippen LogP contribution in [0.5, 0.6) is 0 Å². The van der Waals surface area contributed by atoms with Gasteiger partial charge in [-0.3, -0.25) is 4.79 Å². The van der Waals surface area contributed by atoms with Crippen LogP contribution in [-0.2, 0) is 9.53 Å². The molecular weight excluding hydrogens is 282 g/mol. The average Bonchev–Trinajstić information content (AvgIpc) is 2.54. The molecule has 3 rings (SSSR count). The highest BCUT2D eigenvalue weighted by molar-refractivity contribution is 5.77. The number of hydrogen-bond donors (Lipinski definition) is 1. The van der Waals surface area contributed by atoms with E-state index in [2.05, 4.69) is 20.2 Å². The van der Waals surface area contributed by atoms with Crippen LogP contribution < -0.4 is 5.32 Å². The summed E-state index contributed by atoms with van der Waals surface area (Å²) in [5, 5.41) is 3.46. The zero-order valence-electron chi connectivity index (χ0n) is 12.9. The van der Waals surface area contributed by atoms with Gasteiger partial charge >= 0.3 is 0 Å². The standard InChI is InChI=1S/C15H23N5O2/c1-19-8-13(22-10-15(19)21)9-20-6-3-12(4-7-20)18-14-2-5-16-11-17-14/h2,5,11-13H,3-4,6-10H2,1H3,(H,16,17,18). The Labute approximate surface area is 130 Å². The van der Waals surface area contributed by atoms with Gasteiger partial charge in [-0.15, -0.1) is 0 Å². The van der Waals surface area contributed by atoms with Crippen molar-refractivity contribution in [3.05, 3.63) is 18.6 Å². The Morgan fingerprint density at radius 1 is 1.41 bits per heavy atom. The minimum atomic E-state index is 0.0732. The van der Waals surface area contributed by atoms with Gasteiger partial charge in [-0.2, -0.15) is 0 Å². The number of carbonyl (C=O) groups is 1. The molecule has 0 aromatic carbocycles. The summed E-state index contributed by atoms with van der Waals surface area (Å²) >= 11 is 0. The molecule has 1 aromatic rings. The molecule has 0 spiro atoms. The van der Waals surface area contributed by atoms with E-state index in [1.807, 2.05) is 13.1 Å². The molecule has 1 unspecified atom stereocenters. The van der Waals surface area contributed by atoms with E-state index in [1.54, 1.807) is 17.4 Å². The van der Waals surface area contributed by atoms with E-state index in [-0.39, 0.29) is 18.6 Å². The lowest BCUT2D eigenvalue weighted by molar-refractivity contribution is -0.147. The molecule has 120 valence electrons. The molecule has 0 saturated carbocycles. The Hall–Kier alpha value is -1.73. The molecule has 3 heterocycles.